The average Bonchev–Trinajstić information content (AvgIpc) is 2.96. The number of rotatable bonds is 12. The number of benzene rings is 3. The highest BCUT2D eigenvalue weighted by Gasteiger charge is 2.13. The van der Waals surface area contributed by atoms with E-state index in [2.05, 4.69) is 82.7 Å². The van der Waals surface area contributed by atoms with Crippen LogP contribution >= 0.6 is 45.2 Å². The van der Waals surface area contributed by atoms with E-state index < -0.39 is 5.91 Å². The number of nitrogens with two attached hydrogens (primary N) is 2. The Kier molecular flexibility index (Phi) is 13.8. The topological polar surface area (TPSA) is 87.6 Å². The lowest BCUT2D eigenvalue weighted by molar-refractivity contribution is 0.1000. The molecule has 7 heteroatoms. The van der Waals surface area contributed by atoms with Crippen LogP contribution in [0.15, 0.2) is 48.5 Å². The van der Waals surface area contributed by atoms with Crippen molar-refractivity contribution in [2.24, 2.45) is 11.5 Å². The Morgan fingerprint density at radius 3 is 1.80 bits per heavy atom. The van der Waals surface area contributed by atoms with Gasteiger partial charge in [-0.15, -0.1) is 0 Å². The number of primary amides is 1. The highest BCUT2D eigenvalue weighted by atomic mass is 127. The summed E-state index contributed by atoms with van der Waals surface area (Å²) in [6.45, 7) is 6.02. The Morgan fingerprint density at radius 1 is 0.756 bits per heavy atom. The molecular weight excluding hydrogens is 738 g/mol. The van der Waals surface area contributed by atoms with Gasteiger partial charge in [0.1, 0.15) is 11.5 Å². The van der Waals surface area contributed by atoms with Crippen molar-refractivity contribution in [1.29, 1.82) is 0 Å². The lowest BCUT2D eigenvalue weighted by Crippen LogP contribution is -2.12. The van der Waals surface area contributed by atoms with Crippen LogP contribution in [0.25, 0.3) is 0 Å². The molecule has 0 saturated heterocycles. The summed E-state index contributed by atoms with van der Waals surface area (Å²) in [6, 6.07) is 15.3. The average molecular weight is 774 g/mol. The van der Waals surface area contributed by atoms with Crippen LogP contribution in [-0.4, -0.2) is 19.1 Å². The molecule has 0 unspecified atom stereocenters. The fraction of sp³-hybridized carbons (Fsp3) is 0.324. The molecule has 0 saturated carbocycles. The number of carbonyl (C=O) groups is 1. The molecule has 0 aromatic heterocycles. The van der Waals surface area contributed by atoms with Crippen LogP contribution in [0.4, 0.5) is 0 Å². The third kappa shape index (κ3) is 10.2. The van der Waals surface area contributed by atoms with E-state index in [1.165, 1.54) is 0 Å². The number of ether oxygens (including phenoxy) is 2. The maximum Gasteiger partial charge on any atom is 0.248 e. The van der Waals surface area contributed by atoms with Crippen molar-refractivity contribution in [3.05, 3.63) is 89.1 Å². The summed E-state index contributed by atoms with van der Waals surface area (Å²) >= 11 is 4.46. The molecule has 3 rings (SSSR count). The van der Waals surface area contributed by atoms with E-state index in [1.807, 2.05) is 36.4 Å². The minimum Gasteiger partial charge on any atom is -0.491 e. The minimum atomic E-state index is -0.497. The molecule has 3 aromatic rings. The molecule has 0 aliphatic carbocycles. The summed E-state index contributed by atoms with van der Waals surface area (Å²) in [4.78, 5) is 11.9. The Balaban J connectivity index is 1.91. The smallest absolute Gasteiger partial charge is 0.248 e. The second-order valence-electron chi connectivity index (χ2n) is 9.55. The van der Waals surface area contributed by atoms with Crippen LogP contribution in [0.3, 0.4) is 0 Å². The fourth-order valence-corrected chi connectivity index (χ4v) is 5.62. The molecular formula is C34H36I2N2O3. The summed E-state index contributed by atoms with van der Waals surface area (Å²) in [6.07, 6.45) is 6.43. The third-order valence-electron chi connectivity index (χ3n) is 6.20. The van der Waals surface area contributed by atoms with Crippen molar-refractivity contribution in [1.82, 2.24) is 0 Å². The van der Waals surface area contributed by atoms with Crippen LogP contribution in [-0.2, 0) is 6.54 Å². The van der Waals surface area contributed by atoms with Crippen molar-refractivity contribution in [3.63, 3.8) is 0 Å². The second kappa shape index (κ2) is 17.3. The molecule has 0 bridgehead atoms. The minimum absolute atomic E-state index is 0.404. The van der Waals surface area contributed by atoms with Gasteiger partial charge in [0.2, 0.25) is 5.91 Å². The first-order valence-electron chi connectivity index (χ1n) is 13.9. The van der Waals surface area contributed by atoms with Gasteiger partial charge in [-0.25, -0.2) is 0 Å². The van der Waals surface area contributed by atoms with E-state index in [0.717, 1.165) is 73.7 Å². The standard InChI is InChI=1S/C34H36I2N2O3/c1-3-5-7-16-40-32-27(19-26(23-37)20-30(32)35)14-12-24-10-9-11-25(18-24)13-15-28-21-29(34(38)39)22-31(36)33(28)41-17-8-6-4-2/h9-11,18-22H,3-8,16-17,23,37H2,1-2H3,(H2,38,39). The Bertz CT molecular complexity index is 1480. The predicted octanol–water partition coefficient (Wildman–Crippen LogP) is 7.39. The molecule has 0 aliphatic heterocycles. The van der Waals surface area contributed by atoms with Crippen LogP contribution in [0.5, 0.6) is 11.5 Å². The first kappa shape index (κ1) is 32.8. The van der Waals surface area contributed by atoms with Gasteiger partial charge in [0.25, 0.3) is 0 Å². The van der Waals surface area contributed by atoms with Crippen molar-refractivity contribution in [2.75, 3.05) is 13.2 Å². The van der Waals surface area contributed by atoms with E-state index in [9.17, 15) is 4.79 Å². The van der Waals surface area contributed by atoms with Gasteiger partial charge in [0, 0.05) is 23.2 Å². The fourth-order valence-electron chi connectivity index (χ4n) is 3.99. The molecule has 4 N–H and O–H groups in total. The molecule has 0 atom stereocenters. The molecule has 0 radical (unpaired) electrons. The number of halogens is 2. The molecule has 214 valence electrons. The van der Waals surface area contributed by atoms with Crippen LogP contribution < -0.4 is 20.9 Å². The Labute approximate surface area is 271 Å². The number of amides is 1. The summed E-state index contributed by atoms with van der Waals surface area (Å²) < 4.78 is 14.0. The van der Waals surface area contributed by atoms with E-state index in [0.29, 0.717) is 36.6 Å². The summed E-state index contributed by atoms with van der Waals surface area (Å²) in [5, 5.41) is 0. The lowest BCUT2D eigenvalue weighted by atomic mass is 10.1. The van der Waals surface area contributed by atoms with Gasteiger partial charge >= 0.3 is 0 Å². The molecule has 0 spiro atoms. The Hall–Kier alpha value is -2.73. The summed E-state index contributed by atoms with van der Waals surface area (Å²) in [5.41, 5.74) is 16.0. The first-order chi connectivity index (χ1) is 19.9. The van der Waals surface area contributed by atoms with E-state index in [1.54, 1.807) is 12.1 Å². The maximum absolute atomic E-state index is 11.9. The van der Waals surface area contributed by atoms with Crippen molar-refractivity contribution in [2.45, 2.75) is 58.9 Å². The summed E-state index contributed by atoms with van der Waals surface area (Å²) in [7, 11) is 0. The normalized spacial score (nSPS) is 10.3. The quantitative estimate of drug-likeness (QED) is 0.114. The summed E-state index contributed by atoms with van der Waals surface area (Å²) in [5.74, 6) is 14.0. The van der Waals surface area contributed by atoms with Gasteiger partial charge in [0.05, 0.1) is 31.5 Å². The molecule has 5 nitrogen and oxygen atoms in total. The SMILES string of the molecule is CCCCCOc1c(I)cc(CN)cc1C#Cc1cccc(C#Cc2cc(C(N)=O)cc(I)c2OCCCCC)c1. The zero-order valence-electron chi connectivity index (χ0n) is 23.6. The molecule has 1 amide bonds. The zero-order chi connectivity index (χ0) is 29.6. The van der Waals surface area contributed by atoms with Crippen molar-refractivity contribution < 1.29 is 14.3 Å². The van der Waals surface area contributed by atoms with Crippen molar-refractivity contribution in [3.8, 4) is 35.2 Å². The highest BCUT2D eigenvalue weighted by Crippen LogP contribution is 2.29. The molecule has 0 heterocycles. The first-order valence-corrected chi connectivity index (χ1v) is 16.1. The third-order valence-corrected chi connectivity index (χ3v) is 7.80. The van der Waals surface area contributed by atoms with Gasteiger partial charge < -0.3 is 20.9 Å². The molecule has 0 fully saturated rings. The van der Waals surface area contributed by atoms with E-state index >= 15 is 0 Å². The van der Waals surface area contributed by atoms with E-state index in [4.69, 9.17) is 20.9 Å². The van der Waals surface area contributed by atoms with Gasteiger partial charge in [-0.3, -0.25) is 4.79 Å². The van der Waals surface area contributed by atoms with Gasteiger partial charge in [0.15, 0.2) is 0 Å². The van der Waals surface area contributed by atoms with Crippen LogP contribution in [0.2, 0.25) is 0 Å². The number of hydrogen-bond acceptors (Lipinski definition) is 4. The van der Waals surface area contributed by atoms with E-state index in [-0.39, 0.29) is 0 Å². The number of unbranched alkanes of at least 4 members (excludes halogenated alkanes) is 4. The van der Waals surface area contributed by atoms with Crippen LogP contribution in [0, 0.1) is 30.8 Å². The number of carbonyl (C=O) groups excluding carboxylic acids is 1. The molecule has 0 aliphatic rings. The largest absolute Gasteiger partial charge is 0.491 e. The highest BCUT2D eigenvalue weighted by molar-refractivity contribution is 14.1. The van der Waals surface area contributed by atoms with Crippen molar-refractivity contribution >= 4 is 51.1 Å². The predicted molar refractivity (Wildman–Crippen MR) is 183 cm³/mol. The van der Waals surface area contributed by atoms with Crippen LogP contribution in [0.1, 0.15) is 90.5 Å². The monoisotopic (exact) mass is 774 g/mol. The zero-order valence-corrected chi connectivity index (χ0v) is 27.9. The van der Waals surface area contributed by atoms with Gasteiger partial charge in [-0.2, -0.15) is 0 Å². The maximum atomic E-state index is 11.9. The molecule has 41 heavy (non-hydrogen) atoms. The number of hydrogen-bond donors (Lipinski definition) is 2. The van der Waals surface area contributed by atoms with Gasteiger partial charge in [-0.05, 0) is 106 Å². The Morgan fingerprint density at radius 2 is 1.29 bits per heavy atom. The molecule has 3 aromatic carbocycles. The van der Waals surface area contributed by atoms with Gasteiger partial charge in [-0.1, -0.05) is 69.3 Å². The second-order valence-corrected chi connectivity index (χ2v) is 11.9. The lowest BCUT2D eigenvalue weighted by Gasteiger charge is -2.12.